The topological polar surface area (TPSA) is 33.5 Å². The smallest absolute Gasteiger partial charge is 0.336 e. The second-order valence-corrected chi connectivity index (χ2v) is 6.16. The number of benzene rings is 1. The average molecular weight is 307 g/mol. The third-order valence-electron chi connectivity index (χ3n) is 4.43. The van der Waals surface area contributed by atoms with Crippen LogP contribution in [0.25, 0.3) is 11.0 Å². The Kier molecular flexibility index (Phi) is 3.77. The predicted octanol–water partition coefficient (Wildman–Crippen LogP) is 3.64. The zero-order valence-electron chi connectivity index (χ0n) is 12.8. The van der Waals surface area contributed by atoms with Crippen LogP contribution < -0.4 is 5.63 Å². The van der Waals surface area contributed by atoms with Gasteiger partial charge in [0.05, 0.1) is 0 Å². The molecular formula is C17H19F2NO2. The molecule has 22 heavy (non-hydrogen) atoms. The third kappa shape index (κ3) is 3.04. The number of fused-ring (bicyclic) bond motifs is 1. The van der Waals surface area contributed by atoms with Crippen LogP contribution in [0.4, 0.5) is 8.78 Å². The summed E-state index contributed by atoms with van der Waals surface area (Å²) in [6, 6.07) is 5.34. The molecule has 1 aromatic heterocycles. The molecule has 1 saturated heterocycles. The molecule has 0 aliphatic carbocycles. The van der Waals surface area contributed by atoms with Gasteiger partial charge in [0, 0.05) is 43.9 Å². The Bertz CT molecular complexity index is 757. The normalized spacial score (nSPS) is 18.7. The summed E-state index contributed by atoms with van der Waals surface area (Å²) >= 11 is 0. The van der Waals surface area contributed by atoms with E-state index in [1.165, 1.54) is 6.07 Å². The number of nitrogens with zero attached hydrogens (tertiary/aromatic N) is 1. The molecule has 0 saturated carbocycles. The molecule has 3 nitrogen and oxygen atoms in total. The summed E-state index contributed by atoms with van der Waals surface area (Å²) in [7, 11) is 0. The number of likely N-dealkylation sites (tertiary alicyclic amines) is 1. The molecule has 2 heterocycles. The second-order valence-electron chi connectivity index (χ2n) is 6.16. The van der Waals surface area contributed by atoms with Gasteiger partial charge in [-0.15, -0.1) is 0 Å². The van der Waals surface area contributed by atoms with Gasteiger partial charge in [-0.3, -0.25) is 4.90 Å². The number of piperidine rings is 1. The fourth-order valence-corrected chi connectivity index (χ4v) is 2.89. The van der Waals surface area contributed by atoms with E-state index in [9.17, 15) is 13.6 Å². The first-order chi connectivity index (χ1) is 10.3. The van der Waals surface area contributed by atoms with Crippen molar-refractivity contribution < 1.29 is 13.2 Å². The number of rotatable bonds is 2. The highest BCUT2D eigenvalue weighted by Gasteiger charge is 2.33. The summed E-state index contributed by atoms with van der Waals surface area (Å²) in [5.41, 5.74) is 3.19. The maximum atomic E-state index is 13.2. The summed E-state index contributed by atoms with van der Waals surface area (Å²) in [6.07, 6.45) is -0.241. The van der Waals surface area contributed by atoms with Crippen LogP contribution in [0, 0.1) is 13.8 Å². The van der Waals surface area contributed by atoms with Crippen LogP contribution in [0.5, 0.6) is 0 Å². The predicted molar refractivity (Wildman–Crippen MR) is 81.4 cm³/mol. The van der Waals surface area contributed by atoms with E-state index in [0.717, 1.165) is 22.1 Å². The largest absolute Gasteiger partial charge is 0.423 e. The monoisotopic (exact) mass is 307 g/mol. The lowest BCUT2D eigenvalue weighted by Gasteiger charge is -2.31. The summed E-state index contributed by atoms with van der Waals surface area (Å²) < 4.78 is 31.7. The molecule has 0 bridgehead atoms. The van der Waals surface area contributed by atoms with Gasteiger partial charge < -0.3 is 4.42 Å². The van der Waals surface area contributed by atoms with Gasteiger partial charge >= 0.3 is 5.63 Å². The molecule has 1 aromatic carbocycles. The van der Waals surface area contributed by atoms with Gasteiger partial charge in [0.15, 0.2) is 0 Å². The van der Waals surface area contributed by atoms with Gasteiger partial charge in [-0.25, -0.2) is 13.6 Å². The van der Waals surface area contributed by atoms with E-state index >= 15 is 0 Å². The molecule has 3 rings (SSSR count). The number of hydrogen-bond acceptors (Lipinski definition) is 3. The Balaban J connectivity index is 1.93. The minimum absolute atomic E-state index is 0.121. The highest BCUT2D eigenvalue weighted by atomic mass is 19.3. The lowest BCUT2D eigenvalue weighted by atomic mass is 10.0. The number of halogens is 2. The van der Waals surface area contributed by atoms with E-state index in [0.29, 0.717) is 25.2 Å². The maximum absolute atomic E-state index is 13.2. The van der Waals surface area contributed by atoms with Gasteiger partial charge in [-0.1, -0.05) is 0 Å². The molecule has 0 spiro atoms. The Morgan fingerprint density at radius 3 is 2.45 bits per heavy atom. The Morgan fingerprint density at radius 2 is 1.77 bits per heavy atom. The average Bonchev–Trinajstić information content (AvgIpc) is 2.43. The zero-order chi connectivity index (χ0) is 15.9. The van der Waals surface area contributed by atoms with Gasteiger partial charge in [-0.05, 0) is 42.7 Å². The molecule has 5 heteroatoms. The van der Waals surface area contributed by atoms with Crippen molar-refractivity contribution in [3.8, 4) is 0 Å². The fraction of sp³-hybridized carbons (Fsp3) is 0.471. The van der Waals surface area contributed by atoms with Crippen LogP contribution in [-0.2, 0) is 6.54 Å². The molecule has 1 fully saturated rings. The van der Waals surface area contributed by atoms with Crippen molar-refractivity contribution in [2.24, 2.45) is 0 Å². The Labute approximate surface area is 127 Å². The molecule has 0 unspecified atom stereocenters. The van der Waals surface area contributed by atoms with Gasteiger partial charge in [-0.2, -0.15) is 0 Å². The highest BCUT2D eigenvalue weighted by Crippen LogP contribution is 2.29. The SMILES string of the molecule is Cc1cc2oc(=O)cc(CN3CCC(F)(F)CC3)c2cc1C. The second kappa shape index (κ2) is 5.47. The van der Waals surface area contributed by atoms with Crippen molar-refractivity contribution in [1.82, 2.24) is 4.90 Å². The third-order valence-corrected chi connectivity index (χ3v) is 4.43. The Hall–Kier alpha value is -1.75. The van der Waals surface area contributed by atoms with Crippen LogP contribution in [0.3, 0.4) is 0 Å². The standard InChI is InChI=1S/C17H19F2NO2/c1-11-7-14-13(9-16(21)22-15(14)8-12(11)2)10-20-5-3-17(18,19)4-6-20/h7-9H,3-6,10H2,1-2H3. The fourth-order valence-electron chi connectivity index (χ4n) is 2.89. The van der Waals surface area contributed by atoms with E-state index in [1.807, 2.05) is 30.9 Å². The van der Waals surface area contributed by atoms with Gasteiger partial charge in [0.2, 0.25) is 0 Å². The first kappa shape index (κ1) is 15.2. The van der Waals surface area contributed by atoms with Crippen molar-refractivity contribution >= 4 is 11.0 Å². The van der Waals surface area contributed by atoms with E-state index in [1.54, 1.807) is 0 Å². The maximum Gasteiger partial charge on any atom is 0.336 e. The van der Waals surface area contributed by atoms with Crippen LogP contribution in [0.15, 0.2) is 27.4 Å². The summed E-state index contributed by atoms with van der Waals surface area (Å²) in [5.74, 6) is -2.55. The minimum atomic E-state index is -2.55. The van der Waals surface area contributed by atoms with Crippen molar-refractivity contribution in [1.29, 1.82) is 0 Å². The molecule has 2 aromatic rings. The first-order valence-electron chi connectivity index (χ1n) is 7.48. The molecule has 1 aliphatic heterocycles. The van der Waals surface area contributed by atoms with Crippen LogP contribution >= 0.6 is 0 Å². The van der Waals surface area contributed by atoms with Crippen molar-refractivity contribution in [2.75, 3.05) is 13.1 Å². The van der Waals surface area contributed by atoms with Crippen LogP contribution in [-0.4, -0.2) is 23.9 Å². The quantitative estimate of drug-likeness (QED) is 0.794. The van der Waals surface area contributed by atoms with E-state index in [2.05, 4.69) is 0 Å². The van der Waals surface area contributed by atoms with Crippen molar-refractivity contribution in [3.05, 3.63) is 45.3 Å². The molecule has 118 valence electrons. The minimum Gasteiger partial charge on any atom is -0.423 e. The van der Waals surface area contributed by atoms with E-state index in [4.69, 9.17) is 4.42 Å². The summed E-state index contributed by atoms with van der Waals surface area (Å²) in [4.78, 5) is 13.7. The number of alkyl halides is 2. The first-order valence-corrected chi connectivity index (χ1v) is 7.48. The van der Waals surface area contributed by atoms with Crippen molar-refractivity contribution in [3.63, 3.8) is 0 Å². The molecule has 1 aliphatic rings. The summed E-state index contributed by atoms with van der Waals surface area (Å²) in [5, 5.41) is 0.889. The molecule has 0 amide bonds. The van der Waals surface area contributed by atoms with Gasteiger partial charge in [0.25, 0.3) is 5.92 Å². The van der Waals surface area contributed by atoms with E-state index < -0.39 is 11.5 Å². The van der Waals surface area contributed by atoms with Crippen LogP contribution in [0.1, 0.15) is 29.5 Å². The van der Waals surface area contributed by atoms with Gasteiger partial charge in [0.1, 0.15) is 5.58 Å². The molecule has 0 atom stereocenters. The van der Waals surface area contributed by atoms with Crippen molar-refractivity contribution in [2.45, 2.75) is 39.2 Å². The highest BCUT2D eigenvalue weighted by molar-refractivity contribution is 5.81. The zero-order valence-corrected chi connectivity index (χ0v) is 12.8. The number of aryl methyl sites for hydroxylation is 2. The molecule has 0 radical (unpaired) electrons. The number of hydrogen-bond donors (Lipinski definition) is 0. The lowest BCUT2D eigenvalue weighted by molar-refractivity contribution is -0.0566. The van der Waals surface area contributed by atoms with E-state index in [-0.39, 0.29) is 12.8 Å². The summed E-state index contributed by atoms with van der Waals surface area (Å²) in [6.45, 7) is 5.17. The Morgan fingerprint density at radius 1 is 1.14 bits per heavy atom. The molecular weight excluding hydrogens is 288 g/mol. The molecule has 0 N–H and O–H groups in total. The van der Waals surface area contributed by atoms with Crippen LogP contribution in [0.2, 0.25) is 0 Å². The lowest BCUT2D eigenvalue weighted by Crippen LogP contribution is -2.38.